The molecule has 2 aliphatic heterocycles. The molecule has 1 atom stereocenters. The Morgan fingerprint density at radius 3 is 3.00 bits per heavy atom. The minimum atomic E-state index is -0.362. The van der Waals surface area contributed by atoms with E-state index in [1.807, 2.05) is 0 Å². The van der Waals surface area contributed by atoms with Gasteiger partial charge in [-0.3, -0.25) is 15.8 Å². The smallest absolute Gasteiger partial charge is 0.223 e. The first-order valence-corrected chi connectivity index (χ1v) is 4.41. The number of thiocarbonyl (C=S) groups is 1. The number of hydrogen-bond acceptors (Lipinski definition) is 7. The quantitative estimate of drug-likeness (QED) is 0.276. The van der Waals surface area contributed by atoms with Crippen molar-refractivity contribution in [2.24, 2.45) is 31.4 Å². The largest absolute Gasteiger partial charge is 0.375 e. The van der Waals surface area contributed by atoms with Gasteiger partial charge in [0.25, 0.3) is 0 Å². The Bertz CT molecular complexity index is 419. The van der Waals surface area contributed by atoms with E-state index >= 15 is 0 Å². The van der Waals surface area contributed by atoms with Gasteiger partial charge in [0, 0.05) is 0 Å². The van der Waals surface area contributed by atoms with Crippen molar-refractivity contribution < 1.29 is 0 Å². The number of rotatable bonds is 0. The lowest BCUT2D eigenvalue weighted by atomic mass is 10.2. The molecule has 2 aliphatic rings. The average molecular weight is 224 g/mol. The summed E-state index contributed by atoms with van der Waals surface area (Å²) in [6.07, 6.45) is 1.40. The predicted octanol–water partition coefficient (Wildman–Crippen LogP) is -2.14. The Morgan fingerprint density at radius 2 is 2.27 bits per heavy atom. The molecule has 0 bridgehead atoms. The third-order valence-corrected chi connectivity index (χ3v) is 1.79. The Hall–Kier alpha value is -2.03. The van der Waals surface area contributed by atoms with E-state index in [-0.39, 0.29) is 17.1 Å². The van der Waals surface area contributed by atoms with Crippen molar-refractivity contribution in [3.63, 3.8) is 0 Å². The van der Waals surface area contributed by atoms with Crippen LogP contribution in [0.4, 0.5) is 0 Å². The second kappa shape index (κ2) is 3.61. The average Bonchev–Trinajstić information content (AvgIpc) is 2.61. The molecule has 0 radical (unpaired) electrons. The van der Waals surface area contributed by atoms with Crippen LogP contribution in [0.5, 0.6) is 0 Å². The van der Waals surface area contributed by atoms with Crippen molar-refractivity contribution in [3.05, 3.63) is 0 Å². The van der Waals surface area contributed by atoms with Gasteiger partial charge >= 0.3 is 0 Å². The number of aliphatic imine (C=N–C) groups is 4. The zero-order chi connectivity index (χ0) is 10.8. The number of fused-ring (bicyclic) bond motifs is 1. The number of hydrazine groups is 1. The lowest BCUT2D eigenvalue weighted by Gasteiger charge is -2.17. The molecule has 0 saturated carbocycles. The molecule has 0 aromatic rings. The monoisotopic (exact) mass is 224 g/mol. The van der Waals surface area contributed by atoms with Gasteiger partial charge in [-0.2, -0.15) is 9.98 Å². The lowest BCUT2D eigenvalue weighted by Crippen LogP contribution is -2.51. The molecule has 0 amide bonds. The second-order valence-electron chi connectivity index (χ2n) is 2.74. The van der Waals surface area contributed by atoms with Gasteiger partial charge in [0.15, 0.2) is 22.8 Å². The zero-order valence-electron chi connectivity index (χ0n) is 7.51. The molecule has 2 heterocycles. The minimum Gasteiger partial charge on any atom is -0.375 e. The molecule has 78 valence electrons. The molecule has 0 aliphatic carbocycles. The van der Waals surface area contributed by atoms with Crippen LogP contribution in [-0.4, -0.2) is 35.1 Å². The lowest BCUT2D eigenvalue weighted by molar-refractivity contribution is 0.836. The van der Waals surface area contributed by atoms with Gasteiger partial charge in [0.05, 0.1) is 0 Å². The Balaban J connectivity index is 2.16. The SMILES string of the molecule is NC(=S)NNC1=NC(N)=NC2=NC=N[C@H]21. The Labute approximate surface area is 90.2 Å². The number of nitrogens with two attached hydrogens (primary N) is 2. The summed E-state index contributed by atoms with van der Waals surface area (Å²) in [6.45, 7) is 0. The van der Waals surface area contributed by atoms with E-state index in [1.54, 1.807) is 0 Å². The molecule has 0 unspecified atom stereocenters. The van der Waals surface area contributed by atoms with Crippen LogP contribution in [0.3, 0.4) is 0 Å². The number of amidine groups is 2. The van der Waals surface area contributed by atoms with Crippen LogP contribution >= 0.6 is 12.2 Å². The van der Waals surface area contributed by atoms with Gasteiger partial charge < -0.3 is 11.5 Å². The minimum absolute atomic E-state index is 0.0965. The molecular formula is C6H8N8S. The van der Waals surface area contributed by atoms with Gasteiger partial charge in [-0.25, -0.2) is 4.99 Å². The van der Waals surface area contributed by atoms with Gasteiger partial charge in [-0.15, -0.1) is 0 Å². The maximum atomic E-state index is 5.48. The number of nitrogens with one attached hydrogen (secondary N) is 2. The van der Waals surface area contributed by atoms with Gasteiger partial charge in [-0.05, 0) is 12.2 Å². The highest BCUT2D eigenvalue weighted by atomic mass is 32.1. The fourth-order valence-corrected chi connectivity index (χ4v) is 1.18. The fraction of sp³-hybridized carbons (Fsp3) is 0.167. The van der Waals surface area contributed by atoms with E-state index in [0.29, 0.717) is 11.7 Å². The van der Waals surface area contributed by atoms with E-state index in [1.165, 1.54) is 6.34 Å². The third kappa shape index (κ3) is 1.91. The van der Waals surface area contributed by atoms with E-state index in [0.717, 1.165) is 0 Å². The maximum Gasteiger partial charge on any atom is 0.223 e. The molecule has 0 aromatic heterocycles. The second-order valence-corrected chi connectivity index (χ2v) is 3.18. The summed E-state index contributed by atoms with van der Waals surface area (Å²) >= 11 is 4.63. The molecule has 2 rings (SSSR count). The van der Waals surface area contributed by atoms with Crippen LogP contribution in [0.25, 0.3) is 0 Å². The van der Waals surface area contributed by atoms with Crippen molar-refractivity contribution in [1.82, 2.24) is 10.9 Å². The highest BCUT2D eigenvalue weighted by Crippen LogP contribution is 2.08. The van der Waals surface area contributed by atoms with Crippen LogP contribution in [0, 0.1) is 0 Å². The van der Waals surface area contributed by atoms with E-state index < -0.39 is 0 Å². The molecule has 8 nitrogen and oxygen atoms in total. The summed E-state index contributed by atoms with van der Waals surface area (Å²) in [4.78, 5) is 15.9. The predicted molar refractivity (Wildman–Crippen MR) is 61.8 cm³/mol. The molecule has 9 heteroatoms. The van der Waals surface area contributed by atoms with Crippen molar-refractivity contribution in [2.75, 3.05) is 0 Å². The molecule has 0 aromatic carbocycles. The van der Waals surface area contributed by atoms with Gasteiger partial charge in [0.1, 0.15) is 6.34 Å². The van der Waals surface area contributed by atoms with Crippen molar-refractivity contribution >= 4 is 41.3 Å². The van der Waals surface area contributed by atoms with E-state index in [9.17, 15) is 0 Å². The summed E-state index contributed by atoms with van der Waals surface area (Å²) in [6, 6.07) is -0.362. The van der Waals surface area contributed by atoms with Crippen molar-refractivity contribution in [1.29, 1.82) is 0 Å². The third-order valence-electron chi connectivity index (χ3n) is 1.69. The van der Waals surface area contributed by atoms with Crippen LogP contribution in [0.2, 0.25) is 0 Å². The zero-order valence-corrected chi connectivity index (χ0v) is 8.32. The van der Waals surface area contributed by atoms with E-state index in [4.69, 9.17) is 11.5 Å². The van der Waals surface area contributed by atoms with Crippen molar-refractivity contribution in [2.45, 2.75) is 6.04 Å². The molecule has 6 N–H and O–H groups in total. The summed E-state index contributed by atoms with van der Waals surface area (Å²) in [7, 11) is 0. The topological polar surface area (TPSA) is 126 Å². The number of guanidine groups is 1. The van der Waals surface area contributed by atoms with Gasteiger partial charge in [-0.1, -0.05) is 0 Å². The fourth-order valence-electron chi connectivity index (χ4n) is 1.13. The highest BCUT2D eigenvalue weighted by Gasteiger charge is 2.28. The summed E-state index contributed by atoms with van der Waals surface area (Å²) < 4.78 is 0. The molecule has 0 saturated heterocycles. The standard InChI is InChI=1S/C6H8N8S/c7-5-11-3-2(9-1-10-3)4(12-5)13-14-6(8)15/h1-2H,(H3,8,14,15)(H3,7,9,10,11,12,13)/t2-/m1/s1. The molecule has 15 heavy (non-hydrogen) atoms. The van der Waals surface area contributed by atoms with Crippen LogP contribution < -0.4 is 22.3 Å². The first-order chi connectivity index (χ1) is 7.16. The molecule has 0 fully saturated rings. The van der Waals surface area contributed by atoms with Crippen molar-refractivity contribution in [3.8, 4) is 0 Å². The molecular weight excluding hydrogens is 216 g/mol. The molecule has 0 spiro atoms. The summed E-state index contributed by atoms with van der Waals surface area (Å²) in [5.74, 6) is 1.07. The number of hydrogen-bond donors (Lipinski definition) is 4. The number of nitrogens with zero attached hydrogens (tertiary/aromatic N) is 4. The highest BCUT2D eigenvalue weighted by molar-refractivity contribution is 7.80. The first-order valence-electron chi connectivity index (χ1n) is 4.00. The van der Waals surface area contributed by atoms with Crippen LogP contribution in [0.15, 0.2) is 20.0 Å². The Morgan fingerprint density at radius 1 is 1.47 bits per heavy atom. The Kier molecular flexibility index (Phi) is 2.29. The van der Waals surface area contributed by atoms with Crippen LogP contribution in [0.1, 0.15) is 0 Å². The first kappa shape index (κ1) is 9.52. The summed E-state index contributed by atoms with van der Waals surface area (Å²) in [5.41, 5.74) is 16.0. The van der Waals surface area contributed by atoms with E-state index in [2.05, 4.69) is 43.0 Å². The maximum absolute atomic E-state index is 5.48. The van der Waals surface area contributed by atoms with Gasteiger partial charge in [0.2, 0.25) is 5.96 Å². The van der Waals surface area contributed by atoms with Crippen LogP contribution in [-0.2, 0) is 0 Å². The summed E-state index contributed by atoms with van der Waals surface area (Å²) in [5, 5.41) is 0.0965. The normalized spacial score (nSPS) is 22.4.